The molecule has 30 heavy (non-hydrogen) atoms. The quantitative estimate of drug-likeness (QED) is 0.498. The Balaban J connectivity index is 0.000000656. The van der Waals surface area contributed by atoms with Gasteiger partial charge in [0.15, 0.2) is 0 Å². The van der Waals surface area contributed by atoms with E-state index in [4.69, 9.17) is 19.8 Å². The van der Waals surface area contributed by atoms with Gasteiger partial charge >= 0.3 is 11.9 Å². The van der Waals surface area contributed by atoms with E-state index in [1.807, 2.05) is 11.8 Å². The van der Waals surface area contributed by atoms with E-state index in [-0.39, 0.29) is 5.92 Å². The zero-order valence-corrected chi connectivity index (χ0v) is 18.0. The summed E-state index contributed by atoms with van der Waals surface area (Å²) in [5.41, 5.74) is 2.48. The lowest BCUT2D eigenvalue weighted by Crippen LogP contribution is -2.43. The van der Waals surface area contributed by atoms with E-state index in [0.29, 0.717) is 12.5 Å². The Kier molecular flexibility index (Phi) is 11.4. The highest BCUT2D eigenvalue weighted by Gasteiger charge is 2.27. The van der Waals surface area contributed by atoms with Crippen molar-refractivity contribution in [3.8, 4) is 0 Å². The summed E-state index contributed by atoms with van der Waals surface area (Å²) >= 11 is 0. The normalized spacial score (nSPS) is 14.3. The first-order chi connectivity index (χ1) is 14.2. The third kappa shape index (κ3) is 9.69. The predicted molar refractivity (Wildman–Crippen MR) is 116 cm³/mol. The minimum Gasteiger partial charge on any atom is -0.473 e. The summed E-state index contributed by atoms with van der Waals surface area (Å²) in [4.78, 5) is 35.3. The summed E-state index contributed by atoms with van der Waals surface area (Å²) < 4.78 is 0. The van der Waals surface area contributed by atoms with Gasteiger partial charge in [-0.25, -0.2) is 9.59 Å². The number of nitrogens with zero attached hydrogens (tertiary/aromatic N) is 2. The van der Waals surface area contributed by atoms with Crippen LogP contribution in [0.2, 0.25) is 0 Å². The van der Waals surface area contributed by atoms with Crippen LogP contribution in [0.15, 0.2) is 42.5 Å². The van der Waals surface area contributed by atoms with Crippen molar-refractivity contribution < 1.29 is 24.6 Å². The van der Waals surface area contributed by atoms with Crippen LogP contribution in [0.4, 0.5) is 0 Å². The molecule has 166 valence electrons. The molecule has 2 rings (SSSR count). The number of aryl methyl sites for hydroxylation is 1. The molecule has 0 unspecified atom stereocenters. The van der Waals surface area contributed by atoms with Gasteiger partial charge in [0, 0.05) is 19.0 Å². The Morgan fingerprint density at radius 1 is 1.10 bits per heavy atom. The van der Waals surface area contributed by atoms with Crippen LogP contribution in [-0.4, -0.2) is 70.6 Å². The molecule has 0 bridgehead atoms. The number of hydrogen-bond acceptors (Lipinski definition) is 4. The second kappa shape index (κ2) is 13.5. The monoisotopic (exact) mass is 418 g/mol. The average Bonchev–Trinajstić information content (AvgIpc) is 2.73. The lowest BCUT2D eigenvalue weighted by molar-refractivity contribution is -0.159. The number of carboxylic acid groups (broad SMARTS) is 2. The molecule has 0 atom stereocenters. The second-order valence-electron chi connectivity index (χ2n) is 7.62. The topological polar surface area (TPSA) is 98.2 Å². The summed E-state index contributed by atoms with van der Waals surface area (Å²) in [6.07, 6.45) is 4.33. The van der Waals surface area contributed by atoms with E-state index < -0.39 is 11.9 Å². The minimum atomic E-state index is -1.82. The first-order valence-corrected chi connectivity index (χ1v) is 10.4. The highest BCUT2D eigenvalue weighted by atomic mass is 16.4. The zero-order valence-electron chi connectivity index (χ0n) is 18.0. The molecule has 1 aliphatic heterocycles. The van der Waals surface area contributed by atoms with Gasteiger partial charge in [-0.05, 0) is 64.7 Å². The number of carboxylic acids is 2. The average molecular weight is 419 g/mol. The molecular weight excluding hydrogens is 384 g/mol. The van der Waals surface area contributed by atoms with Crippen LogP contribution in [0.5, 0.6) is 0 Å². The highest BCUT2D eigenvalue weighted by Crippen LogP contribution is 2.20. The van der Waals surface area contributed by atoms with Crippen molar-refractivity contribution in [2.24, 2.45) is 5.92 Å². The lowest BCUT2D eigenvalue weighted by atomic mass is 9.94. The zero-order chi connectivity index (χ0) is 22.5. The summed E-state index contributed by atoms with van der Waals surface area (Å²) in [6, 6.07) is 10.7. The summed E-state index contributed by atoms with van der Waals surface area (Å²) in [6.45, 7) is 12.7. The van der Waals surface area contributed by atoms with Gasteiger partial charge in [0.05, 0.1) is 0 Å². The molecule has 0 saturated carbocycles. The molecular formula is C23H34N2O5. The molecule has 1 fully saturated rings. The smallest absolute Gasteiger partial charge is 0.414 e. The maximum absolute atomic E-state index is 12.6. The number of carbonyl (C=O) groups excluding carboxylic acids is 1. The Hall–Kier alpha value is -2.67. The Labute approximate surface area is 179 Å². The summed E-state index contributed by atoms with van der Waals surface area (Å²) in [7, 11) is 0. The molecule has 1 saturated heterocycles. The van der Waals surface area contributed by atoms with Crippen molar-refractivity contribution in [1.29, 1.82) is 0 Å². The molecule has 1 heterocycles. The molecule has 0 aromatic heterocycles. The van der Waals surface area contributed by atoms with Gasteiger partial charge in [0.1, 0.15) is 0 Å². The molecule has 7 nitrogen and oxygen atoms in total. The number of aliphatic carboxylic acids is 2. The van der Waals surface area contributed by atoms with E-state index in [1.54, 1.807) is 0 Å². The van der Waals surface area contributed by atoms with Gasteiger partial charge in [-0.1, -0.05) is 42.5 Å². The van der Waals surface area contributed by atoms with Gasteiger partial charge in [-0.2, -0.15) is 0 Å². The molecule has 1 aromatic carbocycles. The Morgan fingerprint density at radius 3 is 2.13 bits per heavy atom. The molecule has 2 N–H and O–H groups in total. The second-order valence-corrected chi connectivity index (χ2v) is 7.62. The highest BCUT2D eigenvalue weighted by molar-refractivity contribution is 6.27. The van der Waals surface area contributed by atoms with Crippen LogP contribution in [0, 0.1) is 5.92 Å². The predicted octanol–water partition coefficient (Wildman–Crippen LogP) is 2.91. The van der Waals surface area contributed by atoms with Crippen LogP contribution in [0.3, 0.4) is 0 Å². The van der Waals surface area contributed by atoms with Gasteiger partial charge < -0.3 is 20.0 Å². The van der Waals surface area contributed by atoms with Crippen LogP contribution in [0.25, 0.3) is 0 Å². The van der Waals surface area contributed by atoms with Crippen molar-refractivity contribution in [2.45, 2.75) is 39.5 Å². The number of benzene rings is 1. The molecule has 1 aliphatic rings. The standard InChI is InChI=1S/C21H32N2O.C2H2O4/c1-4-23(17-18(2)3)21(24)20-12-15-22(16-13-20)14-8-11-19-9-6-5-7-10-19;3-1(4)2(5)6/h5-7,9-10,20H,2,4,8,11-17H2,1,3H3;(H,3,4)(H,5,6). The minimum absolute atomic E-state index is 0.203. The fraction of sp³-hybridized carbons (Fsp3) is 0.522. The van der Waals surface area contributed by atoms with Gasteiger partial charge in [0.25, 0.3) is 0 Å². The Bertz CT molecular complexity index is 685. The first kappa shape index (κ1) is 25.4. The number of rotatable bonds is 8. The summed E-state index contributed by atoms with van der Waals surface area (Å²) in [5.74, 6) is -3.12. The number of hydrogen-bond donors (Lipinski definition) is 2. The molecule has 0 radical (unpaired) electrons. The number of amides is 1. The number of likely N-dealkylation sites (N-methyl/N-ethyl adjacent to an activating group) is 1. The third-order valence-electron chi connectivity index (χ3n) is 5.06. The maximum atomic E-state index is 12.6. The van der Waals surface area contributed by atoms with Crippen molar-refractivity contribution in [3.05, 3.63) is 48.0 Å². The fourth-order valence-corrected chi connectivity index (χ4v) is 3.48. The Morgan fingerprint density at radius 2 is 1.67 bits per heavy atom. The number of likely N-dealkylation sites (tertiary alicyclic amines) is 1. The molecule has 0 aliphatic carbocycles. The van der Waals surface area contributed by atoms with Crippen molar-refractivity contribution in [3.63, 3.8) is 0 Å². The lowest BCUT2D eigenvalue weighted by Gasteiger charge is -2.34. The van der Waals surface area contributed by atoms with Gasteiger partial charge in [0.2, 0.25) is 5.91 Å². The van der Waals surface area contributed by atoms with Crippen LogP contribution < -0.4 is 0 Å². The van der Waals surface area contributed by atoms with Crippen LogP contribution >= 0.6 is 0 Å². The molecule has 0 spiro atoms. The fourth-order valence-electron chi connectivity index (χ4n) is 3.48. The molecule has 7 heteroatoms. The number of piperidine rings is 1. The van der Waals surface area contributed by atoms with E-state index in [9.17, 15) is 4.79 Å². The van der Waals surface area contributed by atoms with Crippen molar-refractivity contribution in [2.75, 3.05) is 32.7 Å². The third-order valence-corrected chi connectivity index (χ3v) is 5.06. The van der Waals surface area contributed by atoms with E-state index >= 15 is 0 Å². The first-order valence-electron chi connectivity index (χ1n) is 10.4. The van der Waals surface area contributed by atoms with Crippen LogP contribution in [-0.2, 0) is 20.8 Å². The number of carbonyl (C=O) groups is 3. The van der Waals surface area contributed by atoms with E-state index in [0.717, 1.165) is 51.0 Å². The van der Waals surface area contributed by atoms with Crippen molar-refractivity contribution in [1.82, 2.24) is 9.80 Å². The summed E-state index contributed by atoms with van der Waals surface area (Å²) in [5, 5.41) is 14.8. The SMILES string of the molecule is C=C(C)CN(CC)C(=O)C1CCN(CCCc2ccccc2)CC1.O=C(O)C(=O)O. The van der Waals surface area contributed by atoms with E-state index in [1.165, 1.54) is 12.0 Å². The van der Waals surface area contributed by atoms with Crippen LogP contribution in [0.1, 0.15) is 38.7 Å². The van der Waals surface area contributed by atoms with Gasteiger partial charge in [-0.3, -0.25) is 4.79 Å². The van der Waals surface area contributed by atoms with Crippen molar-refractivity contribution >= 4 is 17.8 Å². The van der Waals surface area contributed by atoms with E-state index in [2.05, 4.69) is 48.7 Å². The largest absolute Gasteiger partial charge is 0.473 e. The molecule has 1 aromatic rings. The maximum Gasteiger partial charge on any atom is 0.414 e. The van der Waals surface area contributed by atoms with Gasteiger partial charge in [-0.15, -0.1) is 0 Å². The molecule has 1 amide bonds.